The molecule has 1 heterocycles. The van der Waals surface area contributed by atoms with Gasteiger partial charge in [-0.15, -0.1) is 0 Å². The van der Waals surface area contributed by atoms with E-state index in [0.717, 1.165) is 23.3 Å². The van der Waals surface area contributed by atoms with Crippen LogP contribution in [0.15, 0.2) is 54.6 Å². The van der Waals surface area contributed by atoms with Crippen molar-refractivity contribution in [3.05, 3.63) is 77.1 Å². The van der Waals surface area contributed by atoms with Gasteiger partial charge in [-0.05, 0) is 55.7 Å². The lowest BCUT2D eigenvalue weighted by Gasteiger charge is -2.32. The summed E-state index contributed by atoms with van der Waals surface area (Å²) in [4.78, 5) is 29.2. The minimum Gasteiger partial charge on any atom is -0.388 e. The zero-order chi connectivity index (χ0) is 26.8. The van der Waals surface area contributed by atoms with Crippen molar-refractivity contribution < 1.29 is 34.0 Å². The largest absolute Gasteiger partial charge is 0.388 e. The number of carbonyl (C=O) groups is 2. The molecule has 2 amide bonds. The topological polar surface area (TPSA) is 111 Å². The van der Waals surface area contributed by atoms with Crippen LogP contribution in [-0.2, 0) is 9.53 Å². The van der Waals surface area contributed by atoms with Gasteiger partial charge in [-0.3, -0.25) is 9.59 Å². The van der Waals surface area contributed by atoms with Gasteiger partial charge in [0.15, 0.2) is 0 Å². The number of ether oxygens (including phenoxy) is 1. The third-order valence-corrected chi connectivity index (χ3v) is 6.24. The molecule has 3 rings (SSSR count). The standard InChI is InChI=1S/C28H35FN2O6/c1-20-5-4-6-21(17-20)7-12-26(34)30-13-2-3-16-37-19-25(33)27(35)24(32)18-31(15-14-30)28(36)22-8-10-23(29)11-9-22/h4-12,17,24-25,27,32-33,35H,2-3,13-16,18-19H2,1H3/b12-7+/t24-,25+,27+/m0/s1. The predicted molar refractivity (Wildman–Crippen MR) is 137 cm³/mol. The smallest absolute Gasteiger partial charge is 0.254 e. The molecule has 2 aromatic carbocycles. The summed E-state index contributed by atoms with van der Waals surface area (Å²) in [6, 6.07) is 12.8. The first-order valence-corrected chi connectivity index (χ1v) is 12.4. The van der Waals surface area contributed by atoms with Crippen molar-refractivity contribution >= 4 is 17.9 Å². The summed E-state index contributed by atoms with van der Waals surface area (Å²) in [5.41, 5.74) is 2.17. The van der Waals surface area contributed by atoms with E-state index in [1.807, 2.05) is 31.2 Å². The molecule has 0 radical (unpaired) electrons. The number of rotatable bonds is 3. The number of β-amino-alcohol motifs (C(OH)–C–C–N with tert-alkyl or cyclic N) is 1. The number of aryl methyl sites for hydroxylation is 1. The Balaban J connectivity index is 1.80. The Morgan fingerprint density at radius 2 is 1.70 bits per heavy atom. The Morgan fingerprint density at radius 1 is 0.973 bits per heavy atom. The normalized spacial score (nSPS) is 22.6. The van der Waals surface area contributed by atoms with E-state index in [4.69, 9.17) is 4.74 Å². The van der Waals surface area contributed by atoms with Gasteiger partial charge in [-0.1, -0.05) is 29.8 Å². The first kappa shape index (κ1) is 28.5. The van der Waals surface area contributed by atoms with Crippen molar-refractivity contribution in [1.29, 1.82) is 0 Å². The van der Waals surface area contributed by atoms with Crippen LogP contribution in [0.2, 0.25) is 0 Å². The zero-order valence-electron chi connectivity index (χ0n) is 21.0. The molecule has 8 nitrogen and oxygen atoms in total. The number of halogens is 1. The summed E-state index contributed by atoms with van der Waals surface area (Å²) >= 11 is 0. The van der Waals surface area contributed by atoms with E-state index in [2.05, 4.69) is 0 Å². The lowest BCUT2D eigenvalue weighted by molar-refractivity contribution is -0.126. The Kier molecular flexibility index (Phi) is 10.8. The molecule has 37 heavy (non-hydrogen) atoms. The Morgan fingerprint density at radius 3 is 2.43 bits per heavy atom. The molecule has 9 heteroatoms. The van der Waals surface area contributed by atoms with Crippen LogP contribution < -0.4 is 0 Å². The van der Waals surface area contributed by atoms with Crippen molar-refractivity contribution in [2.75, 3.05) is 39.4 Å². The van der Waals surface area contributed by atoms with Crippen LogP contribution in [0.4, 0.5) is 4.39 Å². The third kappa shape index (κ3) is 8.75. The monoisotopic (exact) mass is 514 g/mol. The van der Waals surface area contributed by atoms with Crippen LogP contribution in [0.3, 0.4) is 0 Å². The van der Waals surface area contributed by atoms with Crippen molar-refractivity contribution in [1.82, 2.24) is 9.80 Å². The number of carbonyl (C=O) groups excluding carboxylic acids is 2. The molecule has 3 N–H and O–H groups in total. The number of aliphatic hydroxyl groups is 3. The molecule has 1 aliphatic rings. The Bertz CT molecular complexity index is 1060. The van der Waals surface area contributed by atoms with Crippen molar-refractivity contribution in [2.24, 2.45) is 0 Å². The summed E-state index contributed by atoms with van der Waals surface area (Å²) in [6.07, 6.45) is 0.164. The highest BCUT2D eigenvalue weighted by molar-refractivity contribution is 5.94. The van der Waals surface area contributed by atoms with Crippen LogP contribution in [0.5, 0.6) is 0 Å². The number of amides is 2. The number of hydrogen-bond acceptors (Lipinski definition) is 6. The summed E-state index contributed by atoms with van der Waals surface area (Å²) in [5.74, 6) is -1.21. The molecule has 0 bridgehead atoms. The molecule has 1 aliphatic heterocycles. The lowest BCUT2D eigenvalue weighted by atomic mass is 10.1. The van der Waals surface area contributed by atoms with Crippen LogP contribution >= 0.6 is 0 Å². The van der Waals surface area contributed by atoms with Gasteiger partial charge in [-0.2, -0.15) is 0 Å². The van der Waals surface area contributed by atoms with Crippen molar-refractivity contribution in [3.8, 4) is 0 Å². The van der Waals surface area contributed by atoms with Crippen LogP contribution in [-0.4, -0.2) is 94.6 Å². The first-order chi connectivity index (χ1) is 17.7. The summed E-state index contributed by atoms with van der Waals surface area (Å²) < 4.78 is 18.8. The molecule has 1 saturated heterocycles. The van der Waals surface area contributed by atoms with Gasteiger partial charge >= 0.3 is 0 Å². The van der Waals surface area contributed by atoms with Gasteiger partial charge in [0, 0.05) is 44.4 Å². The zero-order valence-corrected chi connectivity index (χ0v) is 21.0. The minimum atomic E-state index is -1.54. The molecular formula is C28H35FN2O6. The Hall–Kier alpha value is -3.11. The second-order valence-corrected chi connectivity index (χ2v) is 9.24. The average Bonchev–Trinajstić information content (AvgIpc) is 2.89. The van der Waals surface area contributed by atoms with E-state index in [-0.39, 0.29) is 37.7 Å². The number of hydrogen-bond donors (Lipinski definition) is 3. The fourth-order valence-corrected chi connectivity index (χ4v) is 4.07. The minimum absolute atomic E-state index is 0.0661. The molecular weight excluding hydrogens is 479 g/mol. The highest BCUT2D eigenvalue weighted by atomic mass is 19.1. The SMILES string of the molecule is Cc1cccc(/C=C/C(=O)N2CCCCOC[C@@H](O)[C@H](O)[C@@H](O)CN(C(=O)c3ccc(F)cc3)CC2)c1. The maximum atomic E-state index is 13.4. The van der Waals surface area contributed by atoms with E-state index >= 15 is 0 Å². The predicted octanol–water partition coefficient (Wildman–Crippen LogP) is 2.01. The van der Waals surface area contributed by atoms with Gasteiger partial charge in [0.25, 0.3) is 5.91 Å². The molecule has 0 aliphatic carbocycles. The maximum Gasteiger partial charge on any atom is 0.254 e. The first-order valence-electron chi connectivity index (χ1n) is 12.4. The lowest BCUT2D eigenvalue weighted by Crippen LogP contribution is -2.49. The summed E-state index contributed by atoms with van der Waals surface area (Å²) in [6.45, 7) is 2.50. The van der Waals surface area contributed by atoms with Gasteiger partial charge in [0.1, 0.15) is 24.1 Å². The molecule has 1 fully saturated rings. The van der Waals surface area contributed by atoms with Crippen molar-refractivity contribution in [3.63, 3.8) is 0 Å². The van der Waals surface area contributed by atoms with E-state index in [1.165, 1.54) is 23.1 Å². The molecule has 3 atom stereocenters. The van der Waals surface area contributed by atoms with Gasteiger partial charge in [0.05, 0.1) is 6.61 Å². The number of benzene rings is 2. The van der Waals surface area contributed by atoms with Crippen LogP contribution in [0.25, 0.3) is 6.08 Å². The van der Waals surface area contributed by atoms with Crippen LogP contribution in [0, 0.1) is 12.7 Å². The number of aliphatic hydroxyl groups excluding tert-OH is 3. The fourth-order valence-electron chi connectivity index (χ4n) is 4.07. The molecule has 0 aromatic heterocycles. The second-order valence-electron chi connectivity index (χ2n) is 9.24. The van der Waals surface area contributed by atoms with E-state index in [1.54, 1.807) is 11.0 Å². The average molecular weight is 515 g/mol. The Labute approximate surface area is 216 Å². The summed E-state index contributed by atoms with van der Waals surface area (Å²) in [5, 5.41) is 31.1. The molecule has 0 spiro atoms. The second kappa shape index (κ2) is 14.0. The summed E-state index contributed by atoms with van der Waals surface area (Å²) in [7, 11) is 0. The van der Waals surface area contributed by atoms with Crippen LogP contribution in [0.1, 0.15) is 34.3 Å². The quantitative estimate of drug-likeness (QED) is 0.541. The highest BCUT2D eigenvalue weighted by Gasteiger charge is 2.29. The van der Waals surface area contributed by atoms with Gasteiger partial charge in [0.2, 0.25) is 5.91 Å². The highest BCUT2D eigenvalue weighted by Crippen LogP contribution is 2.13. The number of nitrogens with zero attached hydrogens (tertiary/aromatic N) is 2. The fraction of sp³-hybridized carbons (Fsp3) is 0.429. The molecule has 2 aromatic rings. The van der Waals surface area contributed by atoms with Gasteiger partial charge in [-0.25, -0.2) is 4.39 Å². The van der Waals surface area contributed by atoms with E-state index < -0.39 is 30.0 Å². The van der Waals surface area contributed by atoms with Crippen molar-refractivity contribution in [2.45, 2.75) is 38.1 Å². The van der Waals surface area contributed by atoms with Gasteiger partial charge < -0.3 is 29.9 Å². The third-order valence-electron chi connectivity index (χ3n) is 6.24. The molecule has 200 valence electrons. The van der Waals surface area contributed by atoms with E-state index in [9.17, 15) is 29.3 Å². The molecule has 0 unspecified atom stereocenters. The van der Waals surface area contributed by atoms with E-state index in [0.29, 0.717) is 26.0 Å². The maximum absolute atomic E-state index is 13.4. The molecule has 0 saturated carbocycles.